The van der Waals surface area contributed by atoms with Crippen LogP contribution in [0.25, 0.3) is 0 Å². The van der Waals surface area contributed by atoms with E-state index < -0.39 is 4.92 Å². The van der Waals surface area contributed by atoms with Crippen molar-refractivity contribution in [2.75, 3.05) is 6.61 Å². The highest BCUT2D eigenvalue weighted by atomic mass is 79.9. The Morgan fingerprint density at radius 2 is 2.15 bits per heavy atom. The molecule has 1 aromatic heterocycles. The Morgan fingerprint density at radius 1 is 1.40 bits per heavy atom. The SMILES string of the molecule is O=C(COc1ccc([N+](=O)[O-])cc1Cl)c1ccc(Br)s1. The van der Waals surface area contributed by atoms with Crippen molar-refractivity contribution in [1.82, 2.24) is 0 Å². The van der Waals surface area contributed by atoms with Crippen molar-refractivity contribution in [3.63, 3.8) is 0 Å². The van der Waals surface area contributed by atoms with Gasteiger partial charge in [0, 0.05) is 12.1 Å². The van der Waals surface area contributed by atoms with Crippen molar-refractivity contribution in [2.45, 2.75) is 0 Å². The molecule has 0 aliphatic heterocycles. The minimum Gasteiger partial charge on any atom is -0.484 e. The van der Waals surface area contributed by atoms with Gasteiger partial charge in [0.1, 0.15) is 5.75 Å². The molecular weight excluding hydrogens is 370 g/mol. The number of benzene rings is 1. The second kappa shape index (κ2) is 6.34. The number of nitro benzene ring substituents is 1. The summed E-state index contributed by atoms with van der Waals surface area (Å²) < 4.78 is 6.14. The summed E-state index contributed by atoms with van der Waals surface area (Å²) in [5.41, 5.74) is -0.129. The Kier molecular flexibility index (Phi) is 4.74. The van der Waals surface area contributed by atoms with E-state index in [4.69, 9.17) is 16.3 Å². The summed E-state index contributed by atoms with van der Waals surface area (Å²) in [5.74, 6) is 0.0522. The van der Waals surface area contributed by atoms with E-state index in [2.05, 4.69) is 15.9 Å². The van der Waals surface area contributed by atoms with E-state index in [1.807, 2.05) is 0 Å². The van der Waals surface area contributed by atoms with Crippen LogP contribution in [0.5, 0.6) is 5.75 Å². The zero-order chi connectivity index (χ0) is 14.7. The summed E-state index contributed by atoms with van der Waals surface area (Å²) in [5, 5.41) is 10.7. The summed E-state index contributed by atoms with van der Waals surface area (Å²) in [4.78, 5) is 22.4. The van der Waals surface area contributed by atoms with Gasteiger partial charge >= 0.3 is 0 Å². The number of ketones is 1. The topological polar surface area (TPSA) is 69.4 Å². The van der Waals surface area contributed by atoms with E-state index in [-0.39, 0.29) is 28.8 Å². The van der Waals surface area contributed by atoms with Crippen LogP contribution >= 0.6 is 38.9 Å². The molecule has 1 heterocycles. The lowest BCUT2D eigenvalue weighted by molar-refractivity contribution is -0.384. The van der Waals surface area contributed by atoms with Gasteiger partial charge in [-0.15, -0.1) is 11.3 Å². The molecule has 0 bridgehead atoms. The molecule has 20 heavy (non-hydrogen) atoms. The Bertz CT molecular complexity index is 673. The summed E-state index contributed by atoms with van der Waals surface area (Å²) in [6.45, 7) is -0.176. The fourth-order valence-corrected chi connectivity index (χ4v) is 2.94. The maximum Gasteiger partial charge on any atom is 0.271 e. The number of non-ortho nitro benzene ring substituents is 1. The predicted molar refractivity (Wildman–Crippen MR) is 80.0 cm³/mol. The lowest BCUT2D eigenvalue weighted by Gasteiger charge is -2.06. The van der Waals surface area contributed by atoms with Crippen molar-refractivity contribution >= 4 is 50.3 Å². The van der Waals surface area contributed by atoms with E-state index in [1.54, 1.807) is 12.1 Å². The Labute approximate surface area is 131 Å². The van der Waals surface area contributed by atoms with E-state index in [0.717, 1.165) is 3.79 Å². The normalized spacial score (nSPS) is 10.3. The van der Waals surface area contributed by atoms with Crippen LogP contribution in [-0.4, -0.2) is 17.3 Å². The first kappa shape index (κ1) is 15.0. The largest absolute Gasteiger partial charge is 0.484 e. The van der Waals surface area contributed by atoms with Crippen LogP contribution in [0.3, 0.4) is 0 Å². The van der Waals surface area contributed by atoms with E-state index in [9.17, 15) is 14.9 Å². The summed E-state index contributed by atoms with van der Waals surface area (Å²) >= 11 is 10.4. The molecule has 0 N–H and O–H groups in total. The lowest BCUT2D eigenvalue weighted by Crippen LogP contribution is -2.10. The highest BCUT2D eigenvalue weighted by Gasteiger charge is 2.13. The van der Waals surface area contributed by atoms with Crippen LogP contribution in [0.15, 0.2) is 34.1 Å². The smallest absolute Gasteiger partial charge is 0.271 e. The number of thiophene rings is 1. The molecule has 0 saturated carbocycles. The first-order valence-corrected chi connectivity index (χ1v) is 7.31. The van der Waals surface area contributed by atoms with Gasteiger partial charge in [0.15, 0.2) is 6.61 Å². The van der Waals surface area contributed by atoms with E-state index in [1.165, 1.54) is 29.5 Å². The molecule has 0 aliphatic rings. The minimum atomic E-state index is -0.552. The molecule has 0 spiro atoms. The van der Waals surface area contributed by atoms with Crippen LogP contribution in [0.1, 0.15) is 9.67 Å². The van der Waals surface area contributed by atoms with Crippen LogP contribution < -0.4 is 4.74 Å². The number of carbonyl (C=O) groups excluding carboxylic acids is 1. The minimum absolute atomic E-state index is 0.0966. The molecular formula is C12H7BrClNO4S. The van der Waals surface area contributed by atoms with Gasteiger partial charge in [-0.1, -0.05) is 11.6 Å². The fraction of sp³-hybridized carbons (Fsp3) is 0.0833. The second-order valence-electron chi connectivity index (χ2n) is 3.69. The van der Waals surface area contributed by atoms with E-state index in [0.29, 0.717) is 4.88 Å². The summed E-state index contributed by atoms with van der Waals surface area (Å²) in [6.07, 6.45) is 0. The van der Waals surface area contributed by atoms with Crippen molar-refractivity contribution in [1.29, 1.82) is 0 Å². The van der Waals surface area contributed by atoms with Crippen LogP contribution in [0.4, 0.5) is 5.69 Å². The van der Waals surface area contributed by atoms with Crippen molar-refractivity contribution in [3.05, 3.63) is 54.1 Å². The number of halogens is 2. The predicted octanol–water partition coefficient (Wildman–Crippen LogP) is 4.33. The van der Waals surface area contributed by atoms with Crippen LogP contribution in [-0.2, 0) is 0 Å². The molecule has 5 nitrogen and oxygen atoms in total. The third-order valence-corrected chi connectivity index (χ3v) is 4.29. The molecule has 0 radical (unpaired) electrons. The quantitative estimate of drug-likeness (QED) is 0.442. The average molecular weight is 377 g/mol. The van der Waals surface area contributed by atoms with Crippen LogP contribution in [0, 0.1) is 10.1 Å². The number of hydrogen-bond donors (Lipinski definition) is 0. The van der Waals surface area contributed by atoms with Gasteiger partial charge in [-0.05, 0) is 34.1 Å². The highest BCUT2D eigenvalue weighted by molar-refractivity contribution is 9.11. The zero-order valence-corrected chi connectivity index (χ0v) is 13.0. The van der Waals surface area contributed by atoms with Crippen molar-refractivity contribution < 1.29 is 14.5 Å². The molecule has 0 aliphatic carbocycles. The molecule has 2 aromatic rings. The number of ether oxygens (including phenoxy) is 1. The van der Waals surface area contributed by atoms with Gasteiger partial charge < -0.3 is 4.74 Å². The molecule has 0 atom stereocenters. The van der Waals surface area contributed by atoms with Crippen LogP contribution in [0.2, 0.25) is 5.02 Å². The van der Waals surface area contributed by atoms with Gasteiger partial charge in [-0.3, -0.25) is 14.9 Å². The van der Waals surface area contributed by atoms with Gasteiger partial charge in [0.2, 0.25) is 5.78 Å². The van der Waals surface area contributed by atoms with Crippen molar-refractivity contribution in [3.8, 4) is 5.75 Å². The standard InChI is InChI=1S/C12H7BrClNO4S/c13-12-4-3-11(20-12)9(16)6-19-10-2-1-7(15(17)18)5-8(10)14/h1-5H,6H2. The lowest BCUT2D eigenvalue weighted by atomic mass is 10.3. The third-order valence-electron chi connectivity index (χ3n) is 2.33. The maximum absolute atomic E-state index is 11.8. The number of nitrogens with zero attached hydrogens (tertiary/aromatic N) is 1. The van der Waals surface area contributed by atoms with E-state index >= 15 is 0 Å². The fourth-order valence-electron chi connectivity index (χ4n) is 1.40. The molecule has 1 aromatic carbocycles. The molecule has 0 fully saturated rings. The molecule has 0 amide bonds. The Balaban J connectivity index is 2.04. The molecule has 0 unspecified atom stereocenters. The zero-order valence-electron chi connectivity index (χ0n) is 9.84. The summed E-state index contributed by atoms with van der Waals surface area (Å²) in [6, 6.07) is 7.29. The van der Waals surface area contributed by atoms with Crippen molar-refractivity contribution in [2.24, 2.45) is 0 Å². The highest BCUT2D eigenvalue weighted by Crippen LogP contribution is 2.29. The molecule has 0 saturated heterocycles. The molecule has 2 rings (SSSR count). The first-order chi connectivity index (χ1) is 9.47. The molecule has 8 heteroatoms. The average Bonchev–Trinajstić information content (AvgIpc) is 2.83. The Hall–Kier alpha value is -1.44. The number of carbonyl (C=O) groups is 1. The number of rotatable bonds is 5. The Morgan fingerprint density at radius 3 is 2.70 bits per heavy atom. The monoisotopic (exact) mass is 375 g/mol. The van der Waals surface area contributed by atoms with Gasteiger partial charge in [-0.2, -0.15) is 0 Å². The number of Topliss-reactive ketones (excluding diaryl/α,β-unsaturated/α-hetero) is 1. The first-order valence-electron chi connectivity index (χ1n) is 5.32. The van der Waals surface area contributed by atoms with Gasteiger partial charge in [-0.25, -0.2) is 0 Å². The third kappa shape index (κ3) is 3.56. The van der Waals surface area contributed by atoms with Gasteiger partial charge in [0.05, 0.1) is 18.6 Å². The summed E-state index contributed by atoms with van der Waals surface area (Å²) in [7, 11) is 0. The number of hydrogen-bond acceptors (Lipinski definition) is 5. The second-order valence-corrected chi connectivity index (χ2v) is 6.56. The number of nitro groups is 1. The maximum atomic E-state index is 11.8. The van der Waals surface area contributed by atoms with Gasteiger partial charge in [0.25, 0.3) is 5.69 Å². The molecule has 104 valence electrons.